The predicted molar refractivity (Wildman–Crippen MR) is 81.7 cm³/mol. The number of ether oxygens (including phenoxy) is 2. The molecule has 20 heavy (non-hydrogen) atoms. The molecule has 4 heteroatoms. The number of hydrogen-bond acceptors (Lipinski definition) is 4. The summed E-state index contributed by atoms with van der Waals surface area (Å²) in [7, 11) is 0. The smallest absolute Gasteiger partial charge is 0.107 e. The van der Waals surface area contributed by atoms with Gasteiger partial charge in [0.1, 0.15) is 12.5 Å². The summed E-state index contributed by atoms with van der Waals surface area (Å²) < 4.78 is 11.8. The topological polar surface area (TPSA) is 24.9 Å². The molecule has 2 fully saturated rings. The zero-order chi connectivity index (χ0) is 14.2. The fourth-order valence-corrected chi connectivity index (χ4v) is 3.21. The van der Waals surface area contributed by atoms with E-state index in [-0.39, 0.29) is 12.5 Å². The maximum Gasteiger partial charge on any atom is 0.107 e. The first kappa shape index (κ1) is 16.2. The van der Waals surface area contributed by atoms with Crippen LogP contribution in [-0.2, 0) is 9.47 Å². The van der Waals surface area contributed by atoms with Crippen LogP contribution in [0.5, 0.6) is 0 Å². The fraction of sp³-hybridized carbons (Fsp3) is 1.00. The van der Waals surface area contributed by atoms with Crippen LogP contribution in [-0.4, -0.2) is 61.6 Å². The van der Waals surface area contributed by atoms with Crippen LogP contribution in [0.25, 0.3) is 0 Å². The van der Waals surface area contributed by atoms with Gasteiger partial charge < -0.3 is 9.47 Å². The average Bonchev–Trinajstić information content (AvgIpc) is 2.53. The summed E-state index contributed by atoms with van der Waals surface area (Å²) in [4.78, 5) is 4.88. The van der Waals surface area contributed by atoms with Gasteiger partial charge >= 0.3 is 0 Å². The van der Waals surface area contributed by atoms with Gasteiger partial charge in [0, 0.05) is 26.2 Å². The predicted octanol–water partition coefficient (Wildman–Crippen LogP) is 2.68. The molecule has 118 valence electrons. The van der Waals surface area contributed by atoms with Gasteiger partial charge in [-0.05, 0) is 39.5 Å². The normalized spacial score (nSPS) is 25.5. The van der Waals surface area contributed by atoms with Gasteiger partial charge in [0.15, 0.2) is 0 Å². The minimum Gasteiger partial charge on any atom is -0.361 e. The third-order valence-corrected chi connectivity index (χ3v) is 4.61. The second kappa shape index (κ2) is 8.98. The second-order valence-electron chi connectivity index (χ2n) is 6.13. The standard InChI is InChI=1S/C16H32N2O2/c1-15(17-9-5-3-6-10-17)19-13-14-20-16(2)18-11-7-4-8-12-18/h15-16H,3-14H2,1-2H3. The van der Waals surface area contributed by atoms with E-state index in [9.17, 15) is 0 Å². The highest BCUT2D eigenvalue weighted by Gasteiger charge is 2.18. The molecule has 0 aromatic heterocycles. The van der Waals surface area contributed by atoms with Crippen LogP contribution >= 0.6 is 0 Å². The van der Waals surface area contributed by atoms with Crippen molar-refractivity contribution in [2.75, 3.05) is 39.4 Å². The molecule has 2 aliphatic heterocycles. The molecule has 0 aromatic rings. The van der Waals surface area contributed by atoms with Crippen LogP contribution in [0.4, 0.5) is 0 Å². The molecule has 0 amide bonds. The Hall–Kier alpha value is -0.160. The minimum atomic E-state index is 0.240. The van der Waals surface area contributed by atoms with Crippen LogP contribution in [0.2, 0.25) is 0 Å². The lowest BCUT2D eigenvalue weighted by Gasteiger charge is -2.33. The first-order valence-electron chi connectivity index (χ1n) is 8.48. The molecule has 2 heterocycles. The van der Waals surface area contributed by atoms with Crippen molar-refractivity contribution >= 4 is 0 Å². The highest BCUT2D eigenvalue weighted by atomic mass is 16.5. The van der Waals surface area contributed by atoms with Gasteiger partial charge in [-0.2, -0.15) is 0 Å². The molecule has 0 aromatic carbocycles. The summed E-state index contributed by atoms with van der Waals surface area (Å²) in [6.45, 7) is 10.5. The van der Waals surface area contributed by atoms with E-state index in [0.29, 0.717) is 13.2 Å². The monoisotopic (exact) mass is 284 g/mol. The molecule has 0 aliphatic carbocycles. The van der Waals surface area contributed by atoms with E-state index in [1.54, 1.807) is 0 Å². The number of rotatable bonds is 7. The molecule has 2 rings (SSSR count). The van der Waals surface area contributed by atoms with Crippen LogP contribution < -0.4 is 0 Å². The lowest BCUT2D eigenvalue weighted by atomic mass is 10.1. The molecule has 0 spiro atoms. The molecule has 2 aliphatic rings. The van der Waals surface area contributed by atoms with Crippen molar-refractivity contribution < 1.29 is 9.47 Å². The number of hydrogen-bond donors (Lipinski definition) is 0. The van der Waals surface area contributed by atoms with Crippen LogP contribution in [0, 0.1) is 0 Å². The summed E-state index contributed by atoms with van der Waals surface area (Å²) in [6, 6.07) is 0. The van der Waals surface area contributed by atoms with Crippen molar-refractivity contribution in [1.82, 2.24) is 9.80 Å². The van der Waals surface area contributed by atoms with E-state index in [1.165, 1.54) is 64.7 Å². The molecule has 4 nitrogen and oxygen atoms in total. The summed E-state index contributed by atoms with van der Waals surface area (Å²) in [5.41, 5.74) is 0. The van der Waals surface area contributed by atoms with Crippen molar-refractivity contribution in [2.45, 2.75) is 64.8 Å². The Labute approximate surface area is 124 Å². The van der Waals surface area contributed by atoms with Crippen LogP contribution in [0.3, 0.4) is 0 Å². The van der Waals surface area contributed by atoms with Crippen LogP contribution in [0.15, 0.2) is 0 Å². The Morgan fingerprint density at radius 3 is 1.35 bits per heavy atom. The molecule has 2 unspecified atom stereocenters. The molecular weight excluding hydrogens is 252 g/mol. The minimum absolute atomic E-state index is 0.240. The van der Waals surface area contributed by atoms with Crippen molar-refractivity contribution in [3.8, 4) is 0 Å². The largest absolute Gasteiger partial charge is 0.361 e. The quantitative estimate of drug-likeness (QED) is 0.671. The zero-order valence-electron chi connectivity index (χ0n) is 13.4. The van der Waals surface area contributed by atoms with Gasteiger partial charge in [-0.3, -0.25) is 9.80 Å². The van der Waals surface area contributed by atoms with E-state index in [1.807, 2.05) is 0 Å². The van der Waals surface area contributed by atoms with Gasteiger partial charge in [0.25, 0.3) is 0 Å². The Balaban J connectivity index is 1.53. The Bertz CT molecular complexity index is 225. The van der Waals surface area contributed by atoms with Crippen molar-refractivity contribution in [2.24, 2.45) is 0 Å². The Kier molecular flexibility index (Phi) is 7.28. The number of likely N-dealkylation sites (tertiary alicyclic amines) is 2. The van der Waals surface area contributed by atoms with E-state index in [0.717, 1.165) is 0 Å². The molecule has 2 atom stereocenters. The molecular formula is C16H32N2O2. The number of nitrogens with zero attached hydrogens (tertiary/aromatic N) is 2. The third-order valence-electron chi connectivity index (χ3n) is 4.61. The maximum absolute atomic E-state index is 5.90. The van der Waals surface area contributed by atoms with Gasteiger partial charge in [-0.1, -0.05) is 12.8 Å². The molecule has 0 saturated carbocycles. The van der Waals surface area contributed by atoms with E-state index < -0.39 is 0 Å². The van der Waals surface area contributed by atoms with E-state index in [2.05, 4.69) is 23.6 Å². The van der Waals surface area contributed by atoms with Gasteiger partial charge in [0.05, 0.1) is 13.2 Å². The van der Waals surface area contributed by atoms with E-state index >= 15 is 0 Å². The Morgan fingerprint density at radius 1 is 0.650 bits per heavy atom. The summed E-state index contributed by atoms with van der Waals surface area (Å²) in [6.07, 6.45) is 8.49. The second-order valence-corrected chi connectivity index (χ2v) is 6.13. The molecule has 0 bridgehead atoms. The van der Waals surface area contributed by atoms with E-state index in [4.69, 9.17) is 9.47 Å². The molecule has 0 N–H and O–H groups in total. The summed E-state index contributed by atoms with van der Waals surface area (Å²) in [5, 5.41) is 0. The molecule has 0 radical (unpaired) electrons. The summed E-state index contributed by atoms with van der Waals surface area (Å²) in [5.74, 6) is 0. The first-order valence-corrected chi connectivity index (χ1v) is 8.48. The molecule has 2 saturated heterocycles. The fourth-order valence-electron chi connectivity index (χ4n) is 3.21. The van der Waals surface area contributed by atoms with Crippen molar-refractivity contribution in [3.63, 3.8) is 0 Å². The number of piperidine rings is 2. The van der Waals surface area contributed by atoms with Crippen molar-refractivity contribution in [1.29, 1.82) is 0 Å². The maximum atomic E-state index is 5.90. The highest BCUT2D eigenvalue weighted by molar-refractivity contribution is 4.67. The first-order chi connectivity index (χ1) is 9.77. The zero-order valence-corrected chi connectivity index (χ0v) is 13.4. The van der Waals surface area contributed by atoms with Gasteiger partial charge in [0.2, 0.25) is 0 Å². The van der Waals surface area contributed by atoms with Crippen LogP contribution in [0.1, 0.15) is 52.4 Å². The lowest BCUT2D eigenvalue weighted by Crippen LogP contribution is -2.41. The van der Waals surface area contributed by atoms with Crippen molar-refractivity contribution in [3.05, 3.63) is 0 Å². The highest BCUT2D eigenvalue weighted by Crippen LogP contribution is 2.14. The van der Waals surface area contributed by atoms with Gasteiger partial charge in [-0.15, -0.1) is 0 Å². The Morgan fingerprint density at radius 2 is 1.00 bits per heavy atom. The SMILES string of the molecule is CC(OCCOC(C)N1CCCCC1)N1CCCCC1. The summed E-state index contributed by atoms with van der Waals surface area (Å²) >= 11 is 0. The third kappa shape index (κ3) is 5.32. The lowest BCUT2D eigenvalue weighted by molar-refractivity contribution is -0.105. The van der Waals surface area contributed by atoms with Gasteiger partial charge in [-0.25, -0.2) is 0 Å². The average molecular weight is 284 g/mol.